The Morgan fingerprint density at radius 2 is 2.19 bits per heavy atom. The van der Waals surface area contributed by atoms with Gasteiger partial charge in [-0.2, -0.15) is 8.75 Å². The lowest BCUT2D eigenvalue weighted by Gasteiger charge is -2.15. The standard InChI is InChI=1S/C15H19N5S/c1-3-8-16-12(13-10-17-21-19-13)9-15-18-11-6-4-5-7-14(11)20(15)2/h4-7,10,12,16H,3,8-9H2,1-2H3. The second kappa shape index (κ2) is 6.32. The second-order valence-corrected chi connectivity index (χ2v) is 5.68. The maximum Gasteiger partial charge on any atom is 0.111 e. The van der Waals surface area contributed by atoms with E-state index in [-0.39, 0.29) is 6.04 Å². The monoisotopic (exact) mass is 301 g/mol. The summed E-state index contributed by atoms with van der Waals surface area (Å²) in [7, 11) is 2.07. The molecule has 110 valence electrons. The zero-order valence-electron chi connectivity index (χ0n) is 12.3. The van der Waals surface area contributed by atoms with Gasteiger partial charge in [-0.1, -0.05) is 19.1 Å². The van der Waals surface area contributed by atoms with Crippen molar-refractivity contribution < 1.29 is 0 Å². The fraction of sp³-hybridized carbons (Fsp3) is 0.400. The van der Waals surface area contributed by atoms with E-state index in [9.17, 15) is 0 Å². The molecule has 0 radical (unpaired) electrons. The molecule has 1 atom stereocenters. The zero-order valence-corrected chi connectivity index (χ0v) is 13.1. The summed E-state index contributed by atoms with van der Waals surface area (Å²) in [6.45, 7) is 3.13. The number of nitrogens with one attached hydrogen (secondary N) is 1. The molecule has 0 saturated heterocycles. The lowest BCUT2D eigenvalue weighted by Crippen LogP contribution is -2.25. The molecular formula is C15H19N5S. The van der Waals surface area contributed by atoms with Crippen molar-refractivity contribution in [3.8, 4) is 0 Å². The average molecular weight is 301 g/mol. The molecule has 3 rings (SSSR count). The normalized spacial score (nSPS) is 12.9. The lowest BCUT2D eigenvalue weighted by atomic mass is 10.1. The smallest absolute Gasteiger partial charge is 0.111 e. The molecule has 0 spiro atoms. The molecule has 2 heterocycles. The van der Waals surface area contributed by atoms with Crippen LogP contribution >= 0.6 is 11.7 Å². The van der Waals surface area contributed by atoms with Crippen LogP contribution in [0.4, 0.5) is 0 Å². The van der Waals surface area contributed by atoms with Crippen LogP contribution in [-0.2, 0) is 13.5 Å². The van der Waals surface area contributed by atoms with Crippen molar-refractivity contribution in [1.29, 1.82) is 0 Å². The number of hydrogen-bond acceptors (Lipinski definition) is 5. The highest BCUT2D eigenvalue weighted by Crippen LogP contribution is 2.20. The molecule has 0 aliphatic rings. The Balaban J connectivity index is 1.88. The fourth-order valence-electron chi connectivity index (χ4n) is 2.49. The van der Waals surface area contributed by atoms with Crippen molar-refractivity contribution in [3.05, 3.63) is 42.0 Å². The summed E-state index contributed by atoms with van der Waals surface area (Å²) in [5, 5.41) is 3.54. The van der Waals surface area contributed by atoms with Crippen LogP contribution in [0, 0.1) is 0 Å². The first-order valence-electron chi connectivity index (χ1n) is 7.20. The fourth-order valence-corrected chi connectivity index (χ4v) is 2.96. The van der Waals surface area contributed by atoms with Crippen molar-refractivity contribution in [2.75, 3.05) is 6.54 Å². The number of imidazole rings is 1. The maximum absolute atomic E-state index is 4.75. The van der Waals surface area contributed by atoms with Gasteiger partial charge in [-0.15, -0.1) is 0 Å². The van der Waals surface area contributed by atoms with Gasteiger partial charge in [0.05, 0.1) is 40.7 Å². The van der Waals surface area contributed by atoms with Crippen LogP contribution < -0.4 is 5.32 Å². The number of hydrogen-bond donors (Lipinski definition) is 1. The minimum absolute atomic E-state index is 0.166. The van der Waals surface area contributed by atoms with Gasteiger partial charge in [0.15, 0.2) is 0 Å². The molecule has 0 fully saturated rings. The van der Waals surface area contributed by atoms with Crippen LogP contribution in [0.5, 0.6) is 0 Å². The summed E-state index contributed by atoms with van der Waals surface area (Å²) >= 11 is 1.25. The van der Waals surface area contributed by atoms with E-state index in [0.29, 0.717) is 0 Å². The van der Waals surface area contributed by atoms with Gasteiger partial charge >= 0.3 is 0 Å². The highest BCUT2D eigenvalue weighted by molar-refractivity contribution is 6.99. The Morgan fingerprint density at radius 3 is 2.90 bits per heavy atom. The Morgan fingerprint density at radius 1 is 1.33 bits per heavy atom. The van der Waals surface area contributed by atoms with E-state index in [2.05, 4.69) is 44.7 Å². The molecule has 5 nitrogen and oxygen atoms in total. The molecule has 0 aliphatic carbocycles. The Labute approximate surface area is 128 Å². The Kier molecular flexibility index (Phi) is 4.26. The van der Waals surface area contributed by atoms with E-state index in [1.807, 2.05) is 18.3 Å². The van der Waals surface area contributed by atoms with Crippen LogP contribution in [-0.4, -0.2) is 24.8 Å². The molecule has 1 N–H and O–H groups in total. The summed E-state index contributed by atoms with van der Waals surface area (Å²) in [6.07, 6.45) is 3.76. The van der Waals surface area contributed by atoms with Gasteiger partial charge < -0.3 is 9.88 Å². The van der Waals surface area contributed by atoms with Crippen molar-refractivity contribution in [1.82, 2.24) is 23.6 Å². The summed E-state index contributed by atoms with van der Waals surface area (Å²) < 4.78 is 10.7. The molecule has 0 aliphatic heterocycles. The number of nitrogens with zero attached hydrogens (tertiary/aromatic N) is 4. The SMILES string of the molecule is CCCNC(Cc1nc2ccccc2n1C)c1cnsn1. The molecule has 0 bridgehead atoms. The van der Waals surface area contributed by atoms with Gasteiger partial charge in [-0.25, -0.2) is 4.98 Å². The van der Waals surface area contributed by atoms with Crippen molar-refractivity contribution in [2.24, 2.45) is 7.05 Å². The van der Waals surface area contributed by atoms with E-state index in [1.165, 1.54) is 11.7 Å². The summed E-state index contributed by atoms with van der Waals surface area (Å²) in [5.74, 6) is 1.07. The van der Waals surface area contributed by atoms with E-state index in [0.717, 1.165) is 41.9 Å². The van der Waals surface area contributed by atoms with E-state index < -0.39 is 0 Å². The van der Waals surface area contributed by atoms with Crippen LogP contribution in [0.2, 0.25) is 0 Å². The van der Waals surface area contributed by atoms with Crippen molar-refractivity contribution >= 4 is 22.8 Å². The van der Waals surface area contributed by atoms with Crippen LogP contribution in [0.25, 0.3) is 11.0 Å². The highest BCUT2D eigenvalue weighted by atomic mass is 32.1. The average Bonchev–Trinajstić information content (AvgIpc) is 3.13. The molecule has 3 aromatic rings. The van der Waals surface area contributed by atoms with Gasteiger partial charge in [0, 0.05) is 13.5 Å². The van der Waals surface area contributed by atoms with Crippen LogP contribution in [0.15, 0.2) is 30.5 Å². The number of fused-ring (bicyclic) bond motifs is 1. The van der Waals surface area contributed by atoms with Crippen molar-refractivity contribution in [3.63, 3.8) is 0 Å². The summed E-state index contributed by atoms with van der Waals surface area (Å²) in [4.78, 5) is 4.75. The zero-order chi connectivity index (χ0) is 14.7. The molecule has 6 heteroatoms. The van der Waals surface area contributed by atoms with Gasteiger partial charge in [-0.05, 0) is 25.1 Å². The molecule has 0 saturated carbocycles. The lowest BCUT2D eigenvalue weighted by molar-refractivity contribution is 0.505. The largest absolute Gasteiger partial charge is 0.331 e. The number of aromatic nitrogens is 4. The Bertz CT molecular complexity index is 704. The van der Waals surface area contributed by atoms with Crippen LogP contribution in [0.3, 0.4) is 0 Å². The van der Waals surface area contributed by atoms with Gasteiger partial charge in [-0.3, -0.25) is 0 Å². The molecule has 1 aromatic carbocycles. The van der Waals surface area contributed by atoms with Crippen molar-refractivity contribution in [2.45, 2.75) is 25.8 Å². The quantitative estimate of drug-likeness (QED) is 0.760. The van der Waals surface area contributed by atoms with Crippen LogP contribution in [0.1, 0.15) is 30.9 Å². The number of benzene rings is 1. The topological polar surface area (TPSA) is 55.6 Å². The van der Waals surface area contributed by atoms with E-state index in [4.69, 9.17) is 4.98 Å². The molecule has 1 unspecified atom stereocenters. The van der Waals surface area contributed by atoms with Gasteiger partial charge in [0.1, 0.15) is 5.82 Å². The number of rotatable bonds is 6. The van der Waals surface area contributed by atoms with Gasteiger partial charge in [0.2, 0.25) is 0 Å². The number of para-hydroxylation sites is 2. The third-order valence-electron chi connectivity index (χ3n) is 3.64. The minimum Gasteiger partial charge on any atom is -0.331 e. The molecule has 21 heavy (non-hydrogen) atoms. The maximum atomic E-state index is 4.75. The number of aryl methyl sites for hydroxylation is 1. The molecular weight excluding hydrogens is 282 g/mol. The predicted molar refractivity (Wildman–Crippen MR) is 85.4 cm³/mol. The minimum atomic E-state index is 0.166. The first-order chi connectivity index (χ1) is 10.3. The predicted octanol–water partition coefficient (Wildman–Crippen LogP) is 2.71. The molecule has 2 aromatic heterocycles. The third-order valence-corrected chi connectivity index (χ3v) is 4.13. The van der Waals surface area contributed by atoms with E-state index >= 15 is 0 Å². The summed E-state index contributed by atoms with van der Waals surface area (Å²) in [6, 6.07) is 8.39. The van der Waals surface area contributed by atoms with E-state index in [1.54, 1.807) is 0 Å². The van der Waals surface area contributed by atoms with Gasteiger partial charge in [0.25, 0.3) is 0 Å². The summed E-state index contributed by atoms with van der Waals surface area (Å²) in [5.41, 5.74) is 3.21. The molecule has 0 amide bonds. The first-order valence-corrected chi connectivity index (χ1v) is 7.93. The first kappa shape index (κ1) is 14.2. The third kappa shape index (κ3) is 2.96. The highest BCUT2D eigenvalue weighted by Gasteiger charge is 2.18. The second-order valence-electron chi connectivity index (χ2n) is 5.12. The Hall–Kier alpha value is -1.79.